The topological polar surface area (TPSA) is 24.9 Å². The van der Waals surface area contributed by atoms with Crippen LogP contribution in [0.4, 0.5) is 5.69 Å². The Morgan fingerprint density at radius 3 is 2.71 bits per heavy atom. The normalized spacial score (nSPS) is 15.0. The second-order valence-electron chi connectivity index (χ2n) is 5.89. The molecule has 0 saturated heterocycles. The van der Waals surface area contributed by atoms with E-state index in [1.165, 1.54) is 0 Å². The lowest BCUT2D eigenvalue weighted by Gasteiger charge is -2.15. The minimum atomic E-state index is 0. The molecule has 3 rings (SSSR count). The van der Waals surface area contributed by atoms with Crippen molar-refractivity contribution >= 4 is 41.3 Å². The van der Waals surface area contributed by atoms with Crippen molar-refractivity contribution in [2.45, 2.75) is 25.7 Å². The van der Waals surface area contributed by atoms with Crippen molar-refractivity contribution in [3.63, 3.8) is 0 Å². The maximum absolute atomic E-state index is 6.22. The highest BCUT2D eigenvalue weighted by molar-refractivity contribution is 6.35. The highest BCUT2D eigenvalue weighted by Crippen LogP contribution is 2.35. The van der Waals surface area contributed by atoms with Crippen molar-refractivity contribution in [3.8, 4) is 0 Å². The second-order valence-corrected chi connectivity index (χ2v) is 6.73. The Bertz CT molecular complexity index is 669. The summed E-state index contributed by atoms with van der Waals surface area (Å²) in [6.07, 6.45) is 2.71. The quantitative estimate of drug-likeness (QED) is 0.820. The van der Waals surface area contributed by atoms with Crippen LogP contribution in [0.2, 0.25) is 10.0 Å². The molecule has 1 aromatic heterocycles. The van der Waals surface area contributed by atoms with Crippen molar-refractivity contribution in [2.75, 3.05) is 11.9 Å². The van der Waals surface area contributed by atoms with E-state index in [-0.39, 0.29) is 17.8 Å². The van der Waals surface area contributed by atoms with E-state index in [1.54, 1.807) is 6.07 Å². The summed E-state index contributed by atoms with van der Waals surface area (Å²) < 4.78 is 0. The molecule has 5 heteroatoms. The minimum Gasteiger partial charge on any atom is -0.383 e. The Morgan fingerprint density at radius 1 is 1.24 bits per heavy atom. The van der Waals surface area contributed by atoms with Crippen LogP contribution in [-0.4, -0.2) is 11.5 Å². The lowest BCUT2D eigenvalue weighted by molar-refractivity contribution is 0.568. The van der Waals surface area contributed by atoms with Gasteiger partial charge in [-0.05, 0) is 29.3 Å². The van der Waals surface area contributed by atoms with Crippen LogP contribution in [0, 0.1) is 0 Å². The van der Waals surface area contributed by atoms with Gasteiger partial charge in [0.1, 0.15) is 0 Å². The smallest absolute Gasteiger partial charge is 0.0708 e. The molecule has 2 aromatic rings. The SMILES string of the molecule is CC1(C)CNc2cc(Cc3ccc(Cl)cc3Cl)cnc21.Cl. The monoisotopic (exact) mass is 342 g/mol. The number of benzene rings is 1. The molecule has 0 saturated carbocycles. The average Bonchev–Trinajstić information content (AvgIpc) is 2.69. The van der Waals surface area contributed by atoms with Gasteiger partial charge in [-0.3, -0.25) is 4.98 Å². The van der Waals surface area contributed by atoms with Gasteiger partial charge in [0.15, 0.2) is 0 Å². The molecule has 0 aliphatic carbocycles. The van der Waals surface area contributed by atoms with Crippen LogP contribution in [0.5, 0.6) is 0 Å². The molecule has 0 radical (unpaired) electrons. The van der Waals surface area contributed by atoms with E-state index in [0.717, 1.165) is 35.5 Å². The third-order valence-corrected chi connectivity index (χ3v) is 4.30. The van der Waals surface area contributed by atoms with E-state index < -0.39 is 0 Å². The third kappa shape index (κ3) is 3.28. The summed E-state index contributed by atoms with van der Waals surface area (Å²) >= 11 is 12.1. The molecular weight excluding hydrogens is 327 g/mol. The Morgan fingerprint density at radius 2 is 2.00 bits per heavy atom. The van der Waals surface area contributed by atoms with Crippen molar-refractivity contribution in [2.24, 2.45) is 0 Å². The van der Waals surface area contributed by atoms with Crippen LogP contribution in [-0.2, 0) is 11.8 Å². The summed E-state index contributed by atoms with van der Waals surface area (Å²) in [5.41, 5.74) is 4.60. The van der Waals surface area contributed by atoms with Crippen LogP contribution >= 0.6 is 35.6 Å². The van der Waals surface area contributed by atoms with Gasteiger partial charge < -0.3 is 5.32 Å². The van der Waals surface area contributed by atoms with Crippen LogP contribution in [0.25, 0.3) is 0 Å². The predicted molar refractivity (Wildman–Crippen MR) is 92.3 cm³/mol. The molecular formula is C16H17Cl3N2. The maximum Gasteiger partial charge on any atom is 0.0708 e. The number of hydrogen-bond donors (Lipinski definition) is 1. The van der Waals surface area contributed by atoms with Gasteiger partial charge in [0, 0.05) is 34.6 Å². The van der Waals surface area contributed by atoms with Crippen molar-refractivity contribution in [1.29, 1.82) is 0 Å². The first-order chi connectivity index (χ1) is 9.45. The molecule has 0 fully saturated rings. The van der Waals surface area contributed by atoms with E-state index in [2.05, 4.69) is 30.2 Å². The first-order valence-corrected chi connectivity index (χ1v) is 7.38. The first-order valence-electron chi connectivity index (χ1n) is 6.63. The molecule has 2 nitrogen and oxygen atoms in total. The molecule has 1 aromatic carbocycles. The van der Waals surface area contributed by atoms with Gasteiger partial charge in [0.05, 0.1) is 11.4 Å². The number of rotatable bonds is 2. The number of halogens is 3. The number of hydrogen-bond acceptors (Lipinski definition) is 2. The van der Waals surface area contributed by atoms with Crippen LogP contribution in [0.3, 0.4) is 0 Å². The highest BCUT2D eigenvalue weighted by Gasteiger charge is 2.31. The number of aromatic nitrogens is 1. The van der Waals surface area contributed by atoms with Gasteiger partial charge in [0.25, 0.3) is 0 Å². The molecule has 21 heavy (non-hydrogen) atoms. The van der Waals surface area contributed by atoms with E-state index in [9.17, 15) is 0 Å². The first kappa shape index (κ1) is 16.4. The molecule has 0 amide bonds. The molecule has 1 aliphatic rings. The van der Waals surface area contributed by atoms with Gasteiger partial charge in [-0.2, -0.15) is 0 Å². The van der Waals surface area contributed by atoms with Gasteiger partial charge in [-0.25, -0.2) is 0 Å². The largest absolute Gasteiger partial charge is 0.383 e. The van der Waals surface area contributed by atoms with Crippen molar-refractivity contribution < 1.29 is 0 Å². The van der Waals surface area contributed by atoms with Gasteiger partial charge in [-0.15, -0.1) is 12.4 Å². The third-order valence-electron chi connectivity index (χ3n) is 3.72. The number of pyridine rings is 1. The van der Waals surface area contributed by atoms with E-state index in [1.807, 2.05) is 18.3 Å². The number of fused-ring (bicyclic) bond motifs is 1. The second kappa shape index (κ2) is 6.04. The van der Waals surface area contributed by atoms with Gasteiger partial charge in [0.2, 0.25) is 0 Å². The molecule has 0 bridgehead atoms. The molecule has 0 unspecified atom stereocenters. The van der Waals surface area contributed by atoms with Gasteiger partial charge in [-0.1, -0.05) is 43.1 Å². The van der Waals surface area contributed by atoms with Crippen LogP contribution < -0.4 is 5.32 Å². The van der Waals surface area contributed by atoms with Crippen molar-refractivity contribution in [1.82, 2.24) is 4.98 Å². The Hall–Kier alpha value is -0.960. The molecule has 1 N–H and O–H groups in total. The summed E-state index contributed by atoms with van der Waals surface area (Å²) in [6, 6.07) is 7.78. The lowest BCUT2D eigenvalue weighted by Crippen LogP contribution is -2.19. The fourth-order valence-electron chi connectivity index (χ4n) is 2.56. The number of anilines is 1. The highest BCUT2D eigenvalue weighted by atomic mass is 35.5. The zero-order valence-electron chi connectivity index (χ0n) is 11.9. The average molecular weight is 344 g/mol. The molecule has 2 heterocycles. The standard InChI is InChI=1S/C16H16Cl2N2.ClH/c1-16(2)9-20-14-6-10(8-19-15(14)16)5-11-3-4-12(17)7-13(11)18;/h3-4,6-8,20H,5,9H2,1-2H3;1H. The zero-order valence-corrected chi connectivity index (χ0v) is 14.2. The maximum atomic E-state index is 6.22. The van der Waals surface area contributed by atoms with Crippen LogP contribution in [0.1, 0.15) is 30.7 Å². The number of nitrogens with zero attached hydrogens (tertiary/aromatic N) is 1. The summed E-state index contributed by atoms with van der Waals surface area (Å²) in [6.45, 7) is 5.34. The fraction of sp³-hybridized carbons (Fsp3) is 0.312. The summed E-state index contributed by atoms with van der Waals surface area (Å²) in [5.74, 6) is 0. The van der Waals surface area contributed by atoms with E-state index >= 15 is 0 Å². The minimum absolute atomic E-state index is 0. The molecule has 1 aliphatic heterocycles. The van der Waals surface area contributed by atoms with Gasteiger partial charge >= 0.3 is 0 Å². The predicted octanol–water partition coefficient (Wildman–Crippen LogP) is 5.10. The summed E-state index contributed by atoms with van der Waals surface area (Å²) in [4.78, 5) is 4.62. The fourth-order valence-corrected chi connectivity index (χ4v) is 3.04. The zero-order chi connectivity index (χ0) is 14.3. The number of nitrogens with one attached hydrogen (secondary N) is 1. The summed E-state index contributed by atoms with van der Waals surface area (Å²) in [7, 11) is 0. The van der Waals surface area contributed by atoms with E-state index in [4.69, 9.17) is 23.2 Å². The molecule has 0 spiro atoms. The molecule has 112 valence electrons. The Labute approximate surface area is 141 Å². The molecule has 0 atom stereocenters. The van der Waals surface area contributed by atoms with Crippen molar-refractivity contribution in [3.05, 3.63) is 57.3 Å². The lowest BCUT2D eigenvalue weighted by atomic mass is 9.91. The summed E-state index contributed by atoms with van der Waals surface area (Å²) in [5, 5.41) is 4.79. The van der Waals surface area contributed by atoms with E-state index in [0.29, 0.717) is 10.0 Å². The Kier molecular flexibility index (Phi) is 4.72. The Balaban J connectivity index is 0.00000161. The van der Waals surface area contributed by atoms with Crippen LogP contribution in [0.15, 0.2) is 30.5 Å².